The van der Waals surface area contributed by atoms with E-state index in [1.54, 1.807) is 0 Å². The fraction of sp³-hybridized carbons (Fsp3) is 1.00. The van der Waals surface area contributed by atoms with Crippen molar-refractivity contribution in [2.45, 2.75) is 71.2 Å². The molecule has 2 fully saturated rings. The zero-order valence-corrected chi connectivity index (χ0v) is 15.5. The van der Waals surface area contributed by atoms with Gasteiger partial charge in [-0.15, -0.1) is 0 Å². The highest BCUT2D eigenvalue weighted by Gasteiger charge is 2.36. The average Bonchev–Trinajstić information content (AvgIpc) is 2.52. The number of aliphatic hydroxyl groups excluding tert-OH is 1. The van der Waals surface area contributed by atoms with Crippen LogP contribution in [-0.4, -0.2) is 46.2 Å². The Morgan fingerprint density at radius 2 is 1.90 bits per heavy atom. The molecule has 21 heavy (non-hydrogen) atoms. The van der Waals surface area contributed by atoms with E-state index in [4.69, 9.17) is 0 Å². The molecular formula is C18H35NOS. The van der Waals surface area contributed by atoms with E-state index in [9.17, 15) is 5.11 Å². The van der Waals surface area contributed by atoms with Crippen molar-refractivity contribution in [1.29, 1.82) is 0 Å². The van der Waals surface area contributed by atoms with Crippen molar-refractivity contribution in [1.82, 2.24) is 4.90 Å². The van der Waals surface area contributed by atoms with Crippen molar-refractivity contribution in [3.8, 4) is 0 Å². The van der Waals surface area contributed by atoms with Crippen LogP contribution >= 0.6 is 11.8 Å². The molecule has 1 heterocycles. The molecule has 1 saturated heterocycles. The van der Waals surface area contributed by atoms with Crippen LogP contribution in [0.2, 0.25) is 0 Å². The summed E-state index contributed by atoms with van der Waals surface area (Å²) < 4.78 is 0.424. The Labute approximate surface area is 136 Å². The van der Waals surface area contributed by atoms with Crippen LogP contribution in [0.3, 0.4) is 0 Å². The molecule has 1 saturated carbocycles. The minimum absolute atomic E-state index is 0.0764. The predicted octanol–water partition coefficient (Wildman–Crippen LogP) is 4.03. The summed E-state index contributed by atoms with van der Waals surface area (Å²) in [5, 5.41) is 10.4. The Morgan fingerprint density at radius 1 is 1.19 bits per heavy atom. The number of thioether (sulfide) groups is 1. The molecule has 124 valence electrons. The van der Waals surface area contributed by atoms with Crippen LogP contribution in [0, 0.1) is 17.3 Å². The van der Waals surface area contributed by atoms with E-state index in [2.05, 4.69) is 51.3 Å². The molecule has 1 N–H and O–H groups in total. The third kappa shape index (κ3) is 5.14. The van der Waals surface area contributed by atoms with Crippen LogP contribution in [0.5, 0.6) is 0 Å². The molecule has 2 nitrogen and oxygen atoms in total. The van der Waals surface area contributed by atoms with Crippen LogP contribution in [0.25, 0.3) is 0 Å². The van der Waals surface area contributed by atoms with Crippen molar-refractivity contribution >= 4 is 11.8 Å². The Kier molecular flexibility index (Phi) is 5.71. The van der Waals surface area contributed by atoms with Gasteiger partial charge in [0.25, 0.3) is 0 Å². The first kappa shape index (κ1) is 17.6. The molecule has 0 radical (unpaired) electrons. The van der Waals surface area contributed by atoms with Gasteiger partial charge in [-0.25, -0.2) is 0 Å². The van der Waals surface area contributed by atoms with Gasteiger partial charge in [0.05, 0.1) is 6.10 Å². The second-order valence-electron chi connectivity index (χ2n) is 8.86. The maximum Gasteiger partial charge on any atom is 0.0580 e. The van der Waals surface area contributed by atoms with E-state index in [0.717, 1.165) is 18.9 Å². The molecule has 0 aromatic heterocycles. The molecule has 2 aliphatic rings. The summed E-state index contributed by atoms with van der Waals surface area (Å²) in [6.07, 6.45) is 4.60. The highest BCUT2D eigenvalue weighted by atomic mass is 32.2. The largest absolute Gasteiger partial charge is 0.393 e. The van der Waals surface area contributed by atoms with Crippen molar-refractivity contribution in [3.63, 3.8) is 0 Å². The van der Waals surface area contributed by atoms with Gasteiger partial charge in [0.15, 0.2) is 0 Å². The molecular weight excluding hydrogens is 278 g/mol. The van der Waals surface area contributed by atoms with E-state index < -0.39 is 0 Å². The second kappa shape index (κ2) is 6.80. The van der Waals surface area contributed by atoms with Gasteiger partial charge in [-0.2, -0.15) is 11.8 Å². The third-order valence-electron chi connectivity index (χ3n) is 5.59. The molecule has 3 unspecified atom stereocenters. The summed E-state index contributed by atoms with van der Waals surface area (Å²) in [5.41, 5.74) is 0.384. The van der Waals surface area contributed by atoms with E-state index in [1.165, 1.54) is 38.1 Å². The van der Waals surface area contributed by atoms with E-state index in [1.807, 2.05) is 0 Å². The van der Waals surface area contributed by atoms with Crippen LogP contribution in [0.4, 0.5) is 0 Å². The minimum atomic E-state index is -0.0764. The predicted molar refractivity (Wildman–Crippen MR) is 93.9 cm³/mol. The van der Waals surface area contributed by atoms with Gasteiger partial charge in [0.2, 0.25) is 0 Å². The summed E-state index contributed by atoms with van der Waals surface area (Å²) in [5.74, 6) is 2.48. The normalized spacial score (nSPS) is 35.4. The lowest BCUT2D eigenvalue weighted by atomic mass is 9.68. The zero-order valence-electron chi connectivity index (χ0n) is 14.7. The van der Waals surface area contributed by atoms with Gasteiger partial charge >= 0.3 is 0 Å². The van der Waals surface area contributed by atoms with Crippen molar-refractivity contribution in [2.75, 3.05) is 25.4 Å². The van der Waals surface area contributed by atoms with Gasteiger partial charge in [0, 0.05) is 23.6 Å². The lowest BCUT2D eigenvalue weighted by Gasteiger charge is -2.41. The van der Waals surface area contributed by atoms with Crippen LogP contribution in [-0.2, 0) is 0 Å². The van der Waals surface area contributed by atoms with E-state index in [0.29, 0.717) is 16.1 Å². The number of hydrogen-bond acceptors (Lipinski definition) is 3. The lowest BCUT2D eigenvalue weighted by molar-refractivity contribution is 0.00397. The summed E-state index contributed by atoms with van der Waals surface area (Å²) in [4.78, 5) is 2.61. The summed E-state index contributed by atoms with van der Waals surface area (Å²) >= 11 is 2.11. The maximum absolute atomic E-state index is 10.4. The molecule has 3 heteroatoms. The van der Waals surface area contributed by atoms with Gasteiger partial charge in [-0.05, 0) is 49.5 Å². The van der Waals surface area contributed by atoms with E-state index >= 15 is 0 Å². The monoisotopic (exact) mass is 313 g/mol. The number of hydrogen-bond donors (Lipinski definition) is 1. The van der Waals surface area contributed by atoms with Gasteiger partial charge in [0.1, 0.15) is 0 Å². The van der Waals surface area contributed by atoms with Gasteiger partial charge in [-0.3, -0.25) is 0 Å². The highest BCUT2D eigenvalue weighted by Crippen LogP contribution is 2.41. The van der Waals surface area contributed by atoms with Crippen molar-refractivity contribution in [3.05, 3.63) is 0 Å². The maximum atomic E-state index is 10.4. The number of aliphatic hydroxyl groups is 1. The highest BCUT2D eigenvalue weighted by molar-refractivity contribution is 8.00. The van der Waals surface area contributed by atoms with Crippen LogP contribution in [0.15, 0.2) is 0 Å². The Bertz CT molecular complexity index is 337. The quantitative estimate of drug-likeness (QED) is 0.832. The SMILES string of the molecule is CC1(C)CCN(CC2CC(C(C)(C)C)CCC2O)CCS1. The summed E-state index contributed by atoms with van der Waals surface area (Å²) in [6, 6.07) is 0. The second-order valence-corrected chi connectivity index (χ2v) is 10.7. The zero-order chi connectivity index (χ0) is 15.7. The van der Waals surface area contributed by atoms with Crippen LogP contribution < -0.4 is 0 Å². The molecule has 0 bridgehead atoms. The summed E-state index contributed by atoms with van der Waals surface area (Å²) in [6.45, 7) is 15.3. The smallest absolute Gasteiger partial charge is 0.0580 e. The fourth-order valence-corrected chi connectivity index (χ4v) is 4.95. The number of rotatable bonds is 2. The van der Waals surface area contributed by atoms with Crippen molar-refractivity contribution in [2.24, 2.45) is 17.3 Å². The first-order valence-electron chi connectivity index (χ1n) is 8.72. The molecule has 1 aliphatic heterocycles. The Balaban J connectivity index is 1.91. The standard InChI is InChI=1S/C18H35NOS/c1-17(2,3)15-6-7-16(20)14(12-15)13-19-9-8-18(4,5)21-11-10-19/h14-16,20H,6-13H2,1-5H3. The molecule has 0 aromatic rings. The van der Waals surface area contributed by atoms with Gasteiger partial charge in [-0.1, -0.05) is 34.6 Å². The third-order valence-corrected chi connectivity index (χ3v) is 6.96. The molecule has 0 aromatic carbocycles. The van der Waals surface area contributed by atoms with Crippen molar-refractivity contribution < 1.29 is 5.11 Å². The van der Waals surface area contributed by atoms with E-state index in [-0.39, 0.29) is 6.10 Å². The Hall–Kier alpha value is 0.270. The van der Waals surface area contributed by atoms with Gasteiger partial charge < -0.3 is 10.0 Å². The average molecular weight is 314 g/mol. The first-order valence-corrected chi connectivity index (χ1v) is 9.70. The molecule has 1 aliphatic carbocycles. The minimum Gasteiger partial charge on any atom is -0.393 e. The topological polar surface area (TPSA) is 23.5 Å². The fourth-order valence-electron chi connectivity index (χ4n) is 3.81. The first-order chi connectivity index (χ1) is 9.67. The van der Waals surface area contributed by atoms with Crippen LogP contribution in [0.1, 0.15) is 60.3 Å². The number of nitrogens with zero attached hydrogens (tertiary/aromatic N) is 1. The molecule has 0 spiro atoms. The molecule has 0 amide bonds. The molecule has 2 rings (SSSR count). The summed E-state index contributed by atoms with van der Waals surface area (Å²) in [7, 11) is 0. The lowest BCUT2D eigenvalue weighted by Crippen LogP contribution is -2.42. The molecule has 3 atom stereocenters. The Morgan fingerprint density at radius 3 is 2.57 bits per heavy atom.